The van der Waals surface area contributed by atoms with Crippen LogP contribution in [0.2, 0.25) is 0 Å². The van der Waals surface area contributed by atoms with E-state index >= 15 is 0 Å². The molecular weight excluding hydrogens is 198 g/mol. The van der Waals surface area contributed by atoms with Gasteiger partial charge in [0.1, 0.15) is 0 Å². The van der Waals surface area contributed by atoms with Gasteiger partial charge in [0.05, 0.1) is 0 Å². The Labute approximate surface area is 101 Å². The zero-order valence-electron chi connectivity index (χ0n) is 11.6. The van der Waals surface area contributed by atoms with E-state index < -0.39 is 0 Å². The maximum Gasteiger partial charge on any atom is 0.0448 e. The first-order valence-corrected chi connectivity index (χ1v) is 6.45. The van der Waals surface area contributed by atoms with Crippen LogP contribution >= 0.6 is 0 Å². The van der Waals surface area contributed by atoms with Gasteiger partial charge in [0.2, 0.25) is 0 Å². The lowest BCUT2D eigenvalue weighted by atomic mass is 9.93. The summed E-state index contributed by atoms with van der Waals surface area (Å²) in [4.78, 5) is 0. The molecular formula is C14H29NO. The third-order valence-corrected chi connectivity index (χ3v) is 3.19. The van der Waals surface area contributed by atoms with Crippen molar-refractivity contribution in [2.45, 2.75) is 71.9 Å². The van der Waals surface area contributed by atoms with E-state index in [2.05, 4.69) is 46.0 Å². The summed E-state index contributed by atoms with van der Waals surface area (Å²) in [6.45, 7) is 11.1. The molecule has 2 N–H and O–H groups in total. The summed E-state index contributed by atoms with van der Waals surface area (Å²) < 4.78 is 0. The molecule has 0 aromatic heterocycles. The largest absolute Gasteiger partial charge is 0.396 e. The Bertz CT molecular complexity index is 209. The summed E-state index contributed by atoms with van der Waals surface area (Å²) in [6.07, 6.45) is 6.46. The lowest BCUT2D eigenvalue weighted by molar-refractivity contribution is 0.202. The van der Waals surface area contributed by atoms with Crippen molar-refractivity contribution in [1.82, 2.24) is 5.32 Å². The average molecular weight is 227 g/mol. The molecule has 2 unspecified atom stereocenters. The minimum Gasteiger partial charge on any atom is -0.396 e. The van der Waals surface area contributed by atoms with Gasteiger partial charge in [-0.25, -0.2) is 0 Å². The average Bonchev–Trinajstić information content (AvgIpc) is 2.17. The molecule has 0 aliphatic heterocycles. The second-order valence-electron chi connectivity index (χ2n) is 5.29. The maximum atomic E-state index is 9.05. The van der Waals surface area contributed by atoms with Gasteiger partial charge in [-0.3, -0.25) is 0 Å². The van der Waals surface area contributed by atoms with Gasteiger partial charge in [0.15, 0.2) is 0 Å². The molecule has 0 heterocycles. The molecule has 0 bridgehead atoms. The number of aliphatic hydroxyl groups excluding tert-OH is 1. The van der Waals surface area contributed by atoms with E-state index in [1.807, 2.05) is 0 Å². The summed E-state index contributed by atoms with van der Waals surface area (Å²) >= 11 is 0. The van der Waals surface area contributed by atoms with Crippen LogP contribution in [0.25, 0.3) is 0 Å². The van der Waals surface area contributed by atoms with Gasteiger partial charge >= 0.3 is 0 Å². The summed E-state index contributed by atoms with van der Waals surface area (Å²) in [5.41, 5.74) is 1.47. The quantitative estimate of drug-likeness (QED) is 0.624. The number of hydrogen-bond acceptors (Lipinski definition) is 2. The molecule has 16 heavy (non-hydrogen) atoms. The van der Waals surface area contributed by atoms with Crippen LogP contribution in [0.5, 0.6) is 0 Å². The Hall–Kier alpha value is -0.340. The number of allylic oxidation sites excluding steroid dienone is 2. The maximum absolute atomic E-state index is 9.05. The van der Waals surface area contributed by atoms with E-state index in [1.54, 1.807) is 0 Å². The molecule has 0 aliphatic rings. The van der Waals surface area contributed by atoms with Crippen molar-refractivity contribution in [1.29, 1.82) is 0 Å². The fraction of sp³-hybridized carbons (Fsp3) is 0.857. The van der Waals surface area contributed by atoms with Gasteiger partial charge in [0.25, 0.3) is 0 Å². The molecule has 96 valence electrons. The molecule has 0 spiro atoms. The highest BCUT2D eigenvalue weighted by Crippen LogP contribution is 2.16. The summed E-state index contributed by atoms with van der Waals surface area (Å²) in [6, 6.07) is 0.507. The Balaban J connectivity index is 4.00. The van der Waals surface area contributed by atoms with Crippen LogP contribution in [0.15, 0.2) is 11.6 Å². The molecule has 0 fully saturated rings. The fourth-order valence-corrected chi connectivity index (χ4v) is 1.89. The van der Waals surface area contributed by atoms with Crippen molar-refractivity contribution in [2.75, 3.05) is 6.61 Å². The van der Waals surface area contributed by atoms with E-state index in [9.17, 15) is 0 Å². The molecule has 0 aromatic carbocycles. The molecule has 2 atom stereocenters. The molecule has 2 heteroatoms. The third-order valence-electron chi connectivity index (χ3n) is 3.19. The number of aliphatic hydroxyl groups is 1. The zero-order valence-corrected chi connectivity index (χ0v) is 11.6. The normalized spacial score (nSPS) is 16.6. The van der Waals surface area contributed by atoms with Crippen LogP contribution < -0.4 is 5.32 Å². The number of nitrogens with one attached hydrogen (secondary N) is 1. The van der Waals surface area contributed by atoms with Gasteiger partial charge in [-0.15, -0.1) is 0 Å². The molecule has 0 aromatic rings. The SMILES string of the molecule is CCC(C)(CCO)NC(C)CCC=C(C)C. The van der Waals surface area contributed by atoms with Crippen LogP contribution in [-0.2, 0) is 0 Å². The first kappa shape index (κ1) is 15.7. The van der Waals surface area contributed by atoms with Gasteiger partial charge in [0, 0.05) is 18.2 Å². The predicted molar refractivity (Wildman–Crippen MR) is 71.7 cm³/mol. The first-order valence-electron chi connectivity index (χ1n) is 6.45. The van der Waals surface area contributed by atoms with Crippen molar-refractivity contribution >= 4 is 0 Å². The van der Waals surface area contributed by atoms with E-state index in [0.29, 0.717) is 6.04 Å². The molecule has 0 amide bonds. The van der Waals surface area contributed by atoms with E-state index in [4.69, 9.17) is 5.11 Å². The van der Waals surface area contributed by atoms with Gasteiger partial charge < -0.3 is 10.4 Å². The van der Waals surface area contributed by atoms with E-state index in [0.717, 1.165) is 25.7 Å². The molecule has 0 saturated carbocycles. The number of rotatable bonds is 8. The summed E-state index contributed by atoms with van der Waals surface area (Å²) in [5.74, 6) is 0. The smallest absolute Gasteiger partial charge is 0.0448 e. The van der Waals surface area contributed by atoms with Crippen LogP contribution in [-0.4, -0.2) is 23.3 Å². The predicted octanol–water partition coefficient (Wildman–Crippen LogP) is 3.26. The van der Waals surface area contributed by atoms with Crippen molar-refractivity contribution in [2.24, 2.45) is 0 Å². The first-order chi connectivity index (χ1) is 7.43. The highest BCUT2D eigenvalue weighted by molar-refractivity contribution is 4.93. The Morgan fingerprint density at radius 3 is 2.50 bits per heavy atom. The minimum absolute atomic E-state index is 0.0825. The standard InChI is InChI=1S/C14H29NO/c1-6-14(5,10-11-16)15-13(4)9-7-8-12(2)3/h8,13,15-16H,6-7,9-11H2,1-5H3. The molecule has 0 radical (unpaired) electrons. The lowest BCUT2D eigenvalue weighted by Gasteiger charge is -2.32. The Morgan fingerprint density at radius 2 is 2.06 bits per heavy atom. The third kappa shape index (κ3) is 7.02. The second kappa shape index (κ2) is 7.86. The topological polar surface area (TPSA) is 32.3 Å². The van der Waals surface area contributed by atoms with E-state index in [1.165, 1.54) is 5.57 Å². The highest BCUT2D eigenvalue weighted by Gasteiger charge is 2.22. The van der Waals surface area contributed by atoms with Crippen molar-refractivity contribution < 1.29 is 5.11 Å². The molecule has 0 aliphatic carbocycles. The van der Waals surface area contributed by atoms with Crippen LogP contribution in [0.1, 0.15) is 60.3 Å². The van der Waals surface area contributed by atoms with E-state index in [-0.39, 0.29) is 12.1 Å². The van der Waals surface area contributed by atoms with Gasteiger partial charge in [-0.1, -0.05) is 18.6 Å². The molecule has 2 nitrogen and oxygen atoms in total. The van der Waals surface area contributed by atoms with Gasteiger partial charge in [-0.2, -0.15) is 0 Å². The molecule has 0 saturated heterocycles. The monoisotopic (exact) mass is 227 g/mol. The van der Waals surface area contributed by atoms with Crippen LogP contribution in [0.4, 0.5) is 0 Å². The van der Waals surface area contributed by atoms with Gasteiger partial charge in [-0.05, 0) is 53.4 Å². The Kier molecular flexibility index (Phi) is 7.69. The zero-order chi connectivity index (χ0) is 12.6. The minimum atomic E-state index is 0.0825. The highest BCUT2D eigenvalue weighted by atomic mass is 16.3. The van der Waals surface area contributed by atoms with Crippen molar-refractivity contribution in [3.8, 4) is 0 Å². The second-order valence-corrected chi connectivity index (χ2v) is 5.29. The lowest BCUT2D eigenvalue weighted by Crippen LogP contribution is -2.47. The fourth-order valence-electron chi connectivity index (χ4n) is 1.89. The number of hydrogen-bond donors (Lipinski definition) is 2. The van der Waals surface area contributed by atoms with Crippen LogP contribution in [0, 0.1) is 0 Å². The van der Waals surface area contributed by atoms with Crippen molar-refractivity contribution in [3.05, 3.63) is 11.6 Å². The summed E-state index contributed by atoms with van der Waals surface area (Å²) in [7, 11) is 0. The summed E-state index contributed by atoms with van der Waals surface area (Å²) in [5, 5.41) is 12.7. The Morgan fingerprint density at radius 1 is 1.44 bits per heavy atom. The van der Waals surface area contributed by atoms with Crippen LogP contribution in [0.3, 0.4) is 0 Å². The van der Waals surface area contributed by atoms with Crippen molar-refractivity contribution in [3.63, 3.8) is 0 Å². The molecule has 0 rings (SSSR count).